The highest BCUT2D eigenvalue weighted by Crippen LogP contribution is 2.26. The number of halogens is 1. The molecule has 0 bridgehead atoms. The molecule has 0 saturated carbocycles. The Bertz CT molecular complexity index is 1220. The summed E-state index contributed by atoms with van der Waals surface area (Å²) < 4.78 is 5.55. The van der Waals surface area contributed by atoms with Crippen LogP contribution in [0.2, 0.25) is 5.02 Å². The van der Waals surface area contributed by atoms with Crippen LogP contribution in [0, 0.1) is 22.7 Å². The molecule has 2 aromatic carbocycles. The second-order valence-corrected chi connectivity index (χ2v) is 8.57. The van der Waals surface area contributed by atoms with Crippen molar-refractivity contribution in [3.63, 3.8) is 0 Å². The number of nitriles is 2. The van der Waals surface area contributed by atoms with Crippen molar-refractivity contribution in [3.8, 4) is 12.1 Å². The van der Waals surface area contributed by atoms with Crippen LogP contribution in [0.15, 0.2) is 54.9 Å². The second-order valence-electron chi connectivity index (χ2n) is 8.13. The van der Waals surface area contributed by atoms with E-state index in [1.54, 1.807) is 75.6 Å². The van der Waals surface area contributed by atoms with Crippen molar-refractivity contribution < 1.29 is 9.53 Å². The fraction of sp³-hybridized carbons (Fsp3) is 0.250. The minimum absolute atomic E-state index is 0.0000832. The maximum Gasteiger partial charge on any atom is 0.414 e. The fourth-order valence-corrected chi connectivity index (χ4v) is 3.27. The molecule has 8 heteroatoms. The molecule has 1 heterocycles. The first-order valence-corrected chi connectivity index (χ1v) is 10.3. The van der Waals surface area contributed by atoms with Crippen LogP contribution >= 0.6 is 11.6 Å². The number of fused-ring (bicyclic) bond motifs is 1. The zero-order chi connectivity index (χ0) is 23.3. The van der Waals surface area contributed by atoms with E-state index < -0.39 is 17.7 Å². The molecule has 3 rings (SSSR count). The average Bonchev–Trinajstić information content (AvgIpc) is 2.75. The standard InChI is InChI=1S/C24H22ClN5O2/c1-24(2,3)32-23(31)30(20-6-4-5-18(25)10-20)15-19(12-27)29-22-14-28-13-17-8-7-16(11-26)9-21(17)22/h4-10,13-14,19,29H,15H2,1-3H3. The van der Waals surface area contributed by atoms with E-state index in [9.17, 15) is 15.3 Å². The third kappa shape index (κ3) is 5.66. The number of amides is 1. The normalized spacial score (nSPS) is 11.8. The van der Waals surface area contributed by atoms with E-state index in [-0.39, 0.29) is 6.54 Å². The molecule has 0 radical (unpaired) electrons. The van der Waals surface area contributed by atoms with Crippen LogP contribution in [-0.2, 0) is 4.74 Å². The van der Waals surface area contributed by atoms with Gasteiger partial charge in [-0.05, 0) is 51.1 Å². The number of hydrogen-bond donors (Lipinski definition) is 1. The quantitative estimate of drug-likeness (QED) is 0.553. The largest absolute Gasteiger partial charge is 0.443 e. The zero-order valence-electron chi connectivity index (χ0n) is 18.0. The minimum Gasteiger partial charge on any atom is -0.443 e. The lowest BCUT2D eigenvalue weighted by atomic mass is 10.1. The van der Waals surface area contributed by atoms with Crippen molar-refractivity contribution in [1.29, 1.82) is 10.5 Å². The molecule has 0 aliphatic carbocycles. The first kappa shape index (κ1) is 22.9. The highest BCUT2D eigenvalue weighted by Gasteiger charge is 2.26. The Morgan fingerprint density at radius 2 is 2.00 bits per heavy atom. The molecule has 0 fully saturated rings. The van der Waals surface area contributed by atoms with Gasteiger partial charge in [-0.1, -0.05) is 23.7 Å². The summed E-state index contributed by atoms with van der Waals surface area (Å²) in [6.07, 6.45) is 2.68. The van der Waals surface area contributed by atoms with Gasteiger partial charge in [-0.2, -0.15) is 10.5 Å². The average molecular weight is 448 g/mol. The second kappa shape index (κ2) is 9.55. The molecule has 0 spiro atoms. The molecule has 0 aliphatic heterocycles. The predicted octanol–water partition coefficient (Wildman–Crippen LogP) is 5.51. The van der Waals surface area contributed by atoms with E-state index in [1.165, 1.54) is 4.90 Å². The summed E-state index contributed by atoms with van der Waals surface area (Å²) in [5.74, 6) is 0. The lowest BCUT2D eigenvalue weighted by Gasteiger charge is -2.29. The molecule has 3 aromatic rings. The van der Waals surface area contributed by atoms with Crippen molar-refractivity contribution in [3.05, 3.63) is 65.4 Å². The highest BCUT2D eigenvalue weighted by molar-refractivity contribution is 6.30. The fourth-order valence-electron chi connectivity index (χ4n) is 3.08. The number of hydrogen-bond acceptors (Lipinski definition) is 6. The summed E-state index contributed by atoms with van der Waals surface area (Å²) in [5.41, 5.74) is 0.879. The smallest absolute Gasteiger partial charge is 0.414 e. The summed E-state index contributed by atoms with van der Waals surface area (Å²) in [5, 5.41) is 24.2. The number of aromatic nitrogens is 1. The van der Waals surface area contributed by atoms with Gasteiger partial charge < -0.3 is 10.1 Å². The molecule has 1 aromatic heterocycles. The van der Waals surface area contributed by atoms with Gasteiger partial charge in [0.15, 0.2) is 0 Å². The Labute approximate surface area is 191 Å². The molecule has 1 amide bonds. The number of carbonyl (C=O) groups excluding carboxylic acids is 1. The SMILES string of the molecule is CC(C)(C)OC(=O)N(CC(C#N)Nc1cncc2ccc(C#N)cc12)c1cccc(Cl)c1. The van der Waals surface area contributed by atoms with Crippen molar-refractivity contribution in [2.45, 2.75) is 32.4 Å². The van der Waals surface area contributed by atoms with E-state index >= 15 is 0 Å². The number of anilines is 2. The third-order valence-corrected chi connectivity index (χ3v) is 4.71. The molecular formula is C24H22ClN5O2. The Hall–Kier alpha value is -3.81. The number of rotatable bonds is 5. The van der Waals surface area contributed by atoms with Crippen LogP contribution in [0.5, 0.6) is 0 Å². The number of benzene rings is 2. The van der Waals surface area contributed by atoms with Crippen molar-refractivity contribution in [2.24, 2.45) is 0 Å². The minimum atomic E-state index is -0.792. The molecule has 1 N–H and O–H groups in total. The van der Waals surface area contributed by atoms with Crippen molar-refractivity contribution in [1.82, 2.24) is 4.98 Å². The number of ether oxygens (including phenoxy) is 1. The van der Waals surface area contributed by atoms with Crippen LogP contribution in [-0.4, -0.2) is 29.3 Å². The third-order valence-electron chi connectivity index (χ3n) is 4.47. The lowest BCUT2D eigenvalue weighted by molar-refractivity contribution is 0.0580. The number of nitrogens with zero attached hydrogens (tertiary/aromatic N) is 4. The van der Waals surface area contributed by atoms with Crippen LogP contribution in [0.1, 0.15) is 26.3 Å². The van der Waals surface area contributed by atoms with E-state index in [2.05, 4.69) is 22.4 Å². The van der Waals surface area contributed by atoms with Crippen molar-refractivity contribution in [2.75, 3.05) is 16.8 Å². The summed E-state index contributed by atoms with van der Waals surface area (Å²) in [7, 11) is 0. The van der Waals surface area contributed by atoms with Crippen LogP contribution in [0.3, 0.4) is 0 Å². The topological polar surface area (TPSA) is 102 Å². The van der Waals surface area contributed by atoms with Gasteiger partial charge >= 0.3 is 6.09 Å². The summed E-state index contributed by atoms with van der Waals surface area (Å²) in [6, 6.07) is 15.5. The molecular weight excluding hydrogens is 426 g/mol. The van der Waals surface area contributed by atoms with Crippen LogP contribution in [0.4, 0.5) is 16.2 Å². The first-order chi connectivity index (χ1) is 15.2. The number of nitrogens with one attached hydrogen (secondary N) is 1. The summed E-state index contributed by atoms with van der Waals surface area (Å²) in [4.78, 5) is 18.5. The molecule has 7 nitrogen and oxygen atoms in total. The van der Waals surface area contributed by atoms with Crippen LogP contribution < -0.4 is 10.2 Å². The molecule has 0 saturated heterocycles. The van der Waals surface area contributed by atoms with Gasteiger partial charge in [0.1, 0.15) is 11.6 Å². The molecule has 32 heavy (non-hydrogen) atoms. The number of pyridine rings is 1. The molecule has 1 atom stereocenters. The number of carbonyl (C=O) groups is 1. The van der Waals surface area contributed by atoms with Gasteiger partial charge in [0, 0.05) is 27.7 Å². The summed E-state index contributed by atoms with van der Waals surface area (Å²) in [6.45, 7) is 5.32. The van der Waals surface area contributed by atoms with Gasteiger partial charge in [-0.25, -0.2) is 4.79 Å². The molecule has 1 unspecified atom stereocenters. The van der Waals surface area contributed by atoms with E-state index in [4.69, 9.17) is 16.3 Å². The predicted molar refractivity (Wildman–Crippen MR) is 125 cm³/mol. The Morgan fingerprint density at radius 3 is 2.66 bits per heavy atom. The summed E-state index contributed by atoms with van der Waals surface area (Å²) >= 11 is 6.13. The van der Waals surface area contributed by atoms with Gasteiger partial charge in [0.05, 0.1) is 36.1 Å². The zero-order valence-corrected chi connectivity index (χ0v) is 18.7. The Kier molecular flexibility index (Phi) is 6.82. The maximum atomic E-state index is 12.9. The van der Waals surface area contributed by atoms with E-state index in [0.717, 1.165) is 10.8 Å². The van der Waals surface area contributed by atoms with Gasteiger partial charge in [-0.15, -0.1) is 0 Å². The lowest BCUT2D eigenvalue weighted by Crippen LogP contribution is -2.43. The monoisotopic (exact) mass is 447 g/mol. The maximum absolute atomic E-state index is 12.9. The van der Waals surface area contributed by atoms with E-state index in [0.29, 0.717) is 22.0 Å². The van der Waals surface area contributed by atoms with Gasteiger partial charge in [0.2, 0.25) is 0 Å². The highest BCUT2D eigenvalue weighted by atomic mass is 35.5. The Balaban J connectivity index is 1.93. The van der Waals surface area contributed by atoms with Gasteiger partial charge in [-0.3, -0.25) is 9.88 Å². The molecule has 162 valence electrons. The van der Waals surface area contributed by atoms with Crippen molar-refractivity contribution >= 4 is 39.8 Å². The molecule has 0 aliphatic rings. The van der Waals surface area contributed by atoms with Gasteiger partial charge in [0.25, 0.3) is 0 Å². The first-order valence-electron chi connectivity index (χ1n) is 9.90. The van der Waals surface area contributed by atoms with Crippen LogP contribution in [0.25, 0.3) is 10.8 Å². The van der Waals surface area contributed by atoms with E-state index in [1.807, 2.05) is 0 Å². The Morgan fingerprint density at radius 1 is 1.22 bits per heavy atom.